The third-order valence-electron chi connectivity index (χ3n) is 3.42. The van der Waals surface area contributed by atoms with Gasteiger partial charge in [0.15, 0.2) is 0 Å². The van der Waals surface area contributed by atoms with Gasteiger partial charge >= 0.3 is 0 Å². The summed E-state index contributed by atoms with van der Waals surface area (Å²) in [6.07, 6.45) is 4.03. The van der Waals surface area contributed by atoms with Crippen LogP contribution in [0.2, 0.25) is 0 Å². The van der Waals surface area contributed by atoms with Gasteiger partial charge in [-0.3, -0.25) is 0 Å². The van der Waals surface area contributed by atoms with E-state index in [0.717, 1.165) is 31.2 Å². The Morgan fingerprint density at radius 2 is 1.90 bits per heavy atom. The van der Waals surface area contributed by atoms with Crippen molar-refractivity contribution < 1.29 is 8.42 Å². The van der Waals surface area contributed by atoms with Gasteiger partial charge in [-0.2, -0.15) is 22.7 Å². The molecular formula is C14H19N3O2S. The minimum absolute atomic E-state index is 0.217. The van der Waals surface area contributed by atoms with Gasteiger partial charge in [0, 0.05) is 19.6 Å². The summed E-state index contributed by atoms with van der Waals surface area (Å²) >= 11 is 0. The van der Waals surface area contributed by atoms with Crippen molar-refractivity contribution in [2.24, 2.45) is 0 Å². The average Bonchev–Trinajstić information content (AvgIpc) is 2.75. The van der Waals surface area contributed by atoms with E-state index in [9.17, 15) is 8.42 Å². The number of rotatable bonds is 4. The lowest BCUT2D eigenvalue weighted by atomic mass is 10.1. The van der Waals surface area contributed by atoms with Gasteiger partial charge in [-0.1, -0.05) is 25.0 Å². The molecule has 6 heteroatoms. The Balaban J connectivity index is 1.99. The van der Waals surface area contributed by atoms with Gasteiger partial charge in [-0.15, -0.1) is 0 Å². The lowest BCUT2D eigenvalue weighted by Crippen LogP contribution is -2.40. The topological polar surface area (TPSA) is 73.2 Å². The van der Waals surface area contributed by atoms with Gasteiger partial charge in [0.25, 0.3) is 10.2 Å². The summed E-state index contributed by atoms with van der Waals surface area (Å²) in [7, 11) is -3.42. The third-order valence-corrected chi connectivity index (χ3v) is 4.97. The Labute approximate surface area is 120 Å². The minimum Gasteiger partial charge on any atom is -0.198 e. The van der Waals surface area contributed by atoms with Crippen LogP contribution in [-0.4, -0.2) is 25.8 Å². The lowest BCUT2D eigenvalue weighted by Gasteiger charge is -2.20. The monoisotopic (exact) mass is 293 g/mol. The molecule has 108 valence electrons. The second kappa shape index (κ2) is 6.84. The first-order valence-electron chi connectivity index (χ1n) is 6.85. The molecule has 0 unspecified atom stereocenters. The van der Waals surface area contributed by atoms with Gasteiger partial charge in [-0.25, -0.2) is 0 Å². The summed E-state index contributed by atoms with van der Waals surface area (Å²) in [6, 6.07) is 9.02. The van der Waals surface area contributed by atoms with Crippen LogP contribution in [0.15, 0.2) is 24.3 Å². The zero-order chi connectivity index (χ0) is 14.4. The number of benzene rings is 1. The molecule has 1 aliphatic heterocycles. The van der Waals surface area contributed by atoms with E-state index in [1.807, 2.05) is 12.1 Å². The first kappa shape index (κ1) is 15.0. The first-order valence-corrected chi connectivity index (χ1v) is 8.29. The number of hydrogen-bond acceptors (Lipinski definition) is 3. The average molecular weight is 293 g/mol. The van der Waals surface area contributed by atoms with Crippen LogP contribution in [0.1, 0.15) is 36.8 Å². The smallest absolute Gasteiger partial charge is 0.198 e. The van der Waals surface area contributed by atoms with Gasteiger partial charge < -0.3 is 0 Å². The maximum Gasteiger partial charge on any atom is 0.279 e. The van der Waals surface area contributed by atoms with Crippen molar-refractivity contribution in [3.8, 4) is 6.07 Å². The van der Waals surface area contributed by atoms with E-state index in [1.54, 1.807) is 18.2 Å². The highest BCUT2D eigenvalue weighted by Crippen LogP contribution is 2.13. The largest absolute Gasteiger partial charge is 0.279 e. The van der Waals surface area contributed by atoms with Gasteiger partial charge in [0.2, 0.25) is 0 Å². The molecule has 1 aromatic rings. The van der Waals surface area contributed by atoms with Crippen LogP contribution in [0.4, 0.5) is 0 Å². The first-order chi connectivity index (χ1) is 9.62. The van der Waals surface area contributed by atoms with Crippen LogP contribution in [-0.2, 0) is 16.8 Å². The lowest BCUT2D eigenvalue weighted by molar-refractivity contribution is 0.414. The Bertz CT molecular complexity index is 585. The Kier molecular flexibility index (Phi) is 5.12. The Hall–Kier alpha value is -1.42. The van der Waals surface area contributed by atoms with Crippen molar-refractivity contribution in [3.63, 3.8) is 0 Å². The van der Waals surface area contributed by atoms with Crippen molar-refractivity contribution in [1.29, 1.82) is 5.26 Å². The zero-order valence-corrected chi connectivity index (χ0v) is 12.2. The molecule has 1 aromatic carbocycles. The summed E-state index contributed by atoms with van der Waals surface area (Å²) < 4.78 is 28.6. The summed E-state index contributed by atoms with van der Waals surface area (Å²) in [4.78, 5) is 0. The zero-order valence-electron chi connectivity index (χ0n) is 11.4. The van der Waals surface area contributed by atoms with E-state index in [4.69, 9.17) is 5.26 Å². The van der Waals surface area contributed by atoms with E-state index >= 15 is 0 Å². The predicted molar refractivity (Wildman–Crippen MR) is 77.0 cm³/mol. The number of nitrogens with one attached hydrogen (secondary N) is 1. The Morgan fingerprint density at radius 3 is 2.55 bits per heavy atom. The second-order valence-electron chi connectivity index (χ2n) is 4.95. The van der Waals surface area contributed by atoms with Crippen LogP contribution < -0.4 is 4.72 Å². The molecule has 1 aliphatic rings. The molecule has 0 atom stereocenters. The standard InChI is InChI=1S/C14H19N3O2S/c15-11-13-6-5-7-14(10-13)12-16-20(18,19)17-8-3-1-2-4-9-17/h5-7,10,16H,1-4,8-9,12H2. The molecule has 0 radical (unpaired) electrons. The molecule has 0 amide bonds. The molecule has 1 saturated heterocycles. The highest BCUT2D eigenvalue weighted by molar-refractivity contribution is 7.87. The van der Waals surface area contributed by atoms with Crippen LogP contribution in [0.5, 0.6) is 0 Å². The molecule has 1 fully saturated rings. The fourth-order valence-electron chi connectivity index (χ4n) is 2.30. The summed E-state index contributed by atoms with van der Waals surface area (Å²) in [5, 5.41) is 8.83. The number of nitriles is 1. The molecular weight excluding hydrogens is 274 g/mol. The molecule has 0 bridgehead atoms. The molecule has 0 spiro atoms. The minimum atomic E-state index is -3.42. The third kappa shape index (κ3) is 4.04. The van der Waals surface area contributed by atoms with Crippen LogP contribution in [0, 0.1) is 11.3 Å². The van der Waals surface area contributed by atoms with Gasteiger partial charge in [0.05, 0.1) is 11.6 Å². The van der Waals surface area contributed by atoms with E-state index in [2.05, 4.69) is 4.72 Å². The van der Waals surface area contributed by atoms with E-state index in [0.29, 0.717) is 18.7 Å². The highest BCUT2D eigenvalue weighted by Gasteiger charge is 2.22. The van der Waals surface area contributed by atoms with Crippen LogP contribution >= 0.6 is 0 Å². The van der Waals surface area contributed by atoms with Crippen molar-refractivity contribution in [3.05, 3.63) is 35.4 Å². The quantitative estimate of drug-likeness (QED) is 0.919. The van der Waals surface area contributed by atoms with Gasteiger partial charge in [-0.05, 0) is 30.5 Å². The summed E-state index contributed by atoms with van der Waals surface area (Å²) in [5.41, 5.74) is 1.33. The molecule has 2 rings (SSSR count). The predicted octanol–water partition coefficient (Wildman–Crippen LogP) is 1.77. The van der Waals surface area contributed by atoms with Crippen molar-refractivity contribution in [2.45, 2.75) is 32.2 Å². The highest BCUT2D eigenvalue weighted by atomic mass is 32.2. The second-order valence-corrected chi connectivity index (χ2v) is 6.71. The van der Waals surface area contributed by atoms with Crippen molar-refractivity contribution >= 4 is 10.2 Å². The summed E-state index contributed by atoms with van der Waals surface area (Å²) in [5.74, 6) is 0. The normalized spacial score (nSPS) is 17.4. The maximum absolute atomic E-state index is 12.2. The molecule has 5 nitrogen and oxygen atoms in total. The maximum atomic E-state index is 12.2. The van der Waals surface area contributed by atoms with E-state index in [-0.39, 0.29) is 6.54 Å². The summed E-state index contributed by atoms with van der Waals surface area (Å²) in [6.45, 7) is 1.40. The van der Waals surface area contributed by atoms with Gasteiger partial charge in [0.1, 0.15) is 0 Å². The molecule has 0 aliphatic carbocycles. The fourth-order valence-corrected chi connectivity index (χ4v) is 3.57. The molecule has 0 saturated carbocycles. The van der Waals surface area contributed by atoms with E-state index in [1.165, 1.54) is 4.31 Å². The number of nitrogens with zero attached hydrogens (tertiary/aromatic N) is 2. The molecule has 1 heterocycles. The van der Waals surface area contributed by atoms with Crippen LogP contribution in [0.3, 0.4) is 0 Å². The SMILES string of the molecule is N#Cc1cccc(CNS(=O)(=O)N2CCCCCC2)c1. The van der Waals surface area contributed by atoms with Crippen LogP contribution in [0.25, 0.3) is 0 Å². The van der Waals surface area contributed by atoms with Crippen molar-refractivity contribution in [1.82, 2.24) is 9.03 Å². The fraction of sp³-hybridized carbons (Fsp3) is 0.500. The molecule has 1 N–H and O–H groups in total. The molecule has 0 aromatic heterocycles. The molecule has 20 heavy (non-hydrogen) atoms. The Morgan fingerprint density at radius 1 is 1.20 bits per heavy atom. The number of hydrogen-bond donors (Lipinski definition) is 1. The van der Waals surface area contributed by atoms with Crippen molar-refractivity contribution in [2.75, 3.05) is 13.1 Å². The van der Waals surface area contributed by atoms with E-state index < -0.39 is 10.2 Å².